The second-order valence-electron chi connectivity index (χ2n) is 6.93. The molecule has 5 heteroatoms. The Bertz CT molecular complexity index is 554. The van der Waals surface area contributed by atoms with E-state index in [-0.39, 0.29) is 25.0 Å². The molecule has 1 aliphatic rings. The molecule has 0 aromatic heterocycles. The van der Waals surface area contributed by atoms with Crippen molar-refractivity contribution in [2.75, 3.05) is 13.2 Å². The van der Waals surface area contributed by atoms with E-state index >= 15 is 0 Å². The average Bonchev–Trinajstić information content (AvgIpc) is 2.49. The summed E-state index contributed by atoms with van der Waals surface area (Å²) in [5.74, 6) is 0.598. The van der Waals surface area contributed by atoms with Gasteiger partial charge >= 0.3 is 0 Å². The Labute approximate surface area is 138 Å². The molecule has 0 saturated heterocycles. The van der Waals surface area contributed by atoms with Crippen molar-refractivity contribution in [3.63, 3.8) is 0 Å². The number of fused-ring (bicyclic) bond motifs is 1. The van der Waals surface area contributed by atoms with Crippen molar-refractivity contribution in [2.24, 2.45) is 5.92 Å². The van der Waals surface area contributed by atoms with Gasteiger partial charge < -0.3 is 19.9 Å². The molecular weight excluding hydrogens is 294 g/mol. The largest absolute Gasteiger partial charge is 0.463 e. The van der Waals surface area contributed by atoms with Crippen LogP contribution >= 0.6 is 0 Å². The minimum atomic E-state index is -0.634. The Hall–Kier alpha value is -1.43. The quantitative estimate of drug-likeness (QED) is 0.755. The zero-order valence-corrected chi connectivity index (χ0v) is 14.4. The summed E-state index contributed by atoms with van der Waals surface area (Å²) in [5.41, 5.74) is 1.51. The van der Waals surface area contributed by atoms with Gasteiger partial charge in [-0.15, -0.1) is 0 Å². The summed E-state index contributed by atoms with van der Waals surface area (Å²) >= 11 is 0. The molecule has 0 spiro atoms. The number of hydrogen-bond acceptors (Lipinski definition) is 5. The molecule has 2 rings (SSSR count). The van der Waals surface area contributed by atoms with E-state index < -0.39 is 5.79 Å². The molecule has 5 nitrogen and oxygen atoms in total. The minimum Gasteiger partial charge on any atom is -0.463 e. The third-order valence-corrected chi connectivity index (χ3v) is 3.84. The Morgan fingerprint density at radius 2 is 2.13 bits per heavy atom. The first-order chi connectivity index (χ1) is 10.8. The van der Waals surface area contributed by atoms with Crippen molar-refractivity contribution >= 4 is 5.78 Å². The van der Waals surface area contributed by atoms with Crippen LogP contribution in [0, 0.1) is 5.92 Å². The van der Waals surface area contributed by atoms with Gasteiger partial charge in [0.05, 0.1) is 19.8 Å². The number of ether oxygens (including phenoxy) is 2. The molecule has 2 N–H and O–H groups in total. The van der Waals surface area contributed by atoms with Crippen LogP contribution in [-0.2, 0) is 11.3 Å². The molecule has 1 aromatic rings. The smallest absolute Gasteiger partial charge is 0.205 e. The van der Waals surface area contributed by atoms with Crippen LogP contribution in [0.2, 0.25) is 0 Å². The van der Waals surface area contributed by atoms with Crippen molar-refractivity contribution in [1.29, 1.82) is 0 Å². The first-order valence-corrected chi connectivity index (χ1v) is 8.14. The van der Waals surface area contributed by atoms with Gasteiger partial charge in [-0.1, -0.05) is 13.8 Å². The highest BCUT2D eigenvalue weighted by Crippen LogP contribution is 2.31. The number of rotatable bonds is 7. The maximum atomic E-state index is 12.3. The molecule has 1 aliphatic heterocycles. The first-order valence-electron chi connectivity index (χ1n) is 8.14. The van der Waals surface area contributed by atoms with Crippen molar-refractivity contribution in [2.45, 2.75) is 52.6 Å². The molecule has 0 aliphatic carbocycles. The number of hydrogen-bond donors (Lipinski definition) is 2. The average molecular weight is 321 g/mol. The lowest BCUT2D eigenvalue weighted by molar-refractivity contribution is -0.180. The Balaban J connectivity index is 1.98. The lowest BCUT2D eigenvalue weighted by Gasteiger charge is -2.32. The van der Waals surface area contributed by atoms with Gasteiger partial charge in [-0.05, 0) is 30.5 Å². The fourth-order valence-electron chi connectivity index (χ4n) is 2.64. The van der Waals surface area contributed by atoms with Crippen LogP contribution < -0.4 is 10.1 Å². The second-order valence-corrected chi connectivity index (χ2v) is 6.93. The number of aliphatic hydroxyl groups excluding tert-OH is 1. The summed E-state index contributed by atoms with van der Waals surface area (Å²) in [6.07, 6.45) is 0.838. The minimum absolute atomic E-state index is 0.000148. The van der Waals surface area contributed by atoms with Crippen molar-refractivity contribution in [3.05, 3.63) is 29.3 Å². The van der Waals surface area contributed by atoms with E-state index in [1.165, 1.54) is 0 Å². The molecule has 0 fully saturated rings. The molecule has 1 aromatic carbocycles. The molecule has 1 unspecified atom stereocenters. The van der Waals surface area contributed by atoms with Gasteiger partial charge in [0.15, 0.2) is 5.78 Å². The highest BCUT2D eigenvalue weighted by molar-refractivity contribution is 5.98. The SMILES string of the molecule is CC(C)CC(CO)NCC(=O)c1ccc2c(c1)COC(C)(C)O2. The Morgan fingerprint density at radius 3 is 2.78 bits per heavy atom. The number of benzene rings is 1. The standard InChI is InChI=1S/C18H27NO4/c1-12(2)7-15(10-20)19-9-16(21)13-5-6-17-14(8-13)11-22-18(3,4)23-17/h5-6,8,12,15,19-20H,7,9-11H2,1-4H3. The zero-order chi connectivity index (χ0) is 17.0. The number of Topliss-reactive ketones (excluding diaryl/α,β-unsaturated/α-hetero) is 1. The predicted octanol–water partition coefficient (Wildman–Crippen LogP) is 2.51. The summed E-state index contributed by atoms with van der Waals surface area (Å²) in [4.78, 5) is 12.3. The fourth-order valence-corrected chi connectivity index (χ4v) is 2.64. The Morgan fingerprint density at radius 1 is 1.39 bits per heavy atom. The molecule has 23 heavy (non-hydrogen) atoms. The monoisotopic (exact) mass is 321 g/mol. The van der Waals surface area contributed by atoms with E-state index in [2.05, 4.69) is 19.2 Å². The van der Waals surface area contributed by atoms with Crippen LogP contribution in [0.25, 0.3) is 0 Å². The number of carbonyl (C=O) groups excluding carboxylic acids is 1. The van der Waals surface area contributed by atoms with Gasteiger partial charge in [-0.2, -0.15) is 0 Å². The van der Waals surface area contributed by atoms with Gasteiger partial charge in [-0.3, -0.25) is 4.79 Å². The van der Waals surface area contributed by atoms with Crippen LogP contribution in [0.4, 0.5) is 0 Å². The molecular formula is C18H27NO4. The third kappa shape index (κ3) is 5.03. The van der Waals surface area contributed by atoms with E-state index in [1.54, 1.807) is 6.07 Å². The van der Waals surface area contributed by atoms with Crippen LogP contribution in [0.5, 0.6) is 5.75 Å². The van der Waals surface area contributed by atoms with Crippen molar-refractivity contribution < 1.29 is 19.4 Å². The number of aliphatic hydroxyl groups is 1. The van der Waals surface area contributed by atoms with E-state index in [9.17, 15) is 9.90 Å². The van der Waals surface area contributed by atoms with Gasteiger partial charge in [0.25, 0.3) is 0 Å². The van der Waals surface area contributed by atoms with Crippen LogP contribution in [0.3, 0.4) is 0 Å². The maximum Gasteiger partial charge on any atom is 0.205 e. The molecule has 1 atom stereocenters. The lowest BCUT2D eigenvalue weighted by Crippen LogP contribution is -2.37. The zero-order valence-electron chi connectivity index (χ0n) is 14.4. The third-order valence-electron chi connectivity index (χ3n) is 3.84. The molecule has 128 valence electrons. The van der Waals surface area contributed by atoms with Crippen LogP contribution in [0.1, 0.15) is 50.0 Å². The summed E-state index contributed by atoms with van der Waals surface area (Å²) in [5, 5.41) is 12.5. The number of carbonyl (C=O) groups is 1. The Kier molecular flexibility index (Phi) is 5.79. The molecule has 0 radical (unpaired) electrons. The normalized spacial score (nSPS) is 17.5. The highest BCUT2D eigenvalue weighted by atomic mass is 16.7. The fraction of sp³-hybridized carbons (Fsp3) is 0.611. The molecule has 1 heterocycles. The van der Waals surface area contributed by atoms with Gasteiger partial charge in [0.1, 0.15) is 5.75 Å². The topological polar surface area (TPSA) is 67.8 Å². The van der Waals surface area contributed by atoms with Gasteiger partial charge in [0, 0.05) is 31.0 Å². The number of nitrogens with one attached hydrogen (secondary N) is 1. The van der Waals surface area contributed by atoms with E-state index in [4.69, 9.17) is 9.47 Å². The summed E-state index contributed by atoms with van der Waals surface area (Å²) in [6.45, 7) is 8.60. The molecule has 0 amide bonds. The van der Waals surface area contributed by atoms with Gasteiger partial charge in [-0.25, -0.2) is 0 Å². The highest BCUT2D eigenvalue weighted by Gasteiger charge is 2.27. The second kappa shape index (κ2) is 7.43. The summed E-state index contributed by atoms with van der Waals surface area (Å²) < 4.78 is 11.3. The summed E-state index contributed by atoms with van der Waals surface area (Å²) in [6, 6.07) is 5.37. The number of ketones is 1. The van der Waals surface area contributed by atoms with Crippen molar-refractivity contribution in [1.82, 2.24) is 5.32 Å². The van der Waals surface area contributed by atoms with Crippen molar-refractivity contribution in [3.8, 4) is 5.75 Å². The van der Waals surface area contributed by atoms with Crippen LogP contribution in [-0.4, -0.2) is 35.9 Å². The van der Waals surface area contributed by atoms with Gasteiger partial charge in [0.2, 0.25) is 5.79 Å². The molecule has 0 bridgehead atoms. The summed E-state index contributed by atoms with van der Waals surface area (Å²) in [7, 11) is 0. The van der Waals surface area contributed by atoms with Crippen LogP contribution in [0.15, 0.2) is 18.2 Å². The first kappa shape index (κ1) is 17.9. The lowest BCUT2D eigenvalue weighted by atomic mass is 10.0. The predicted molar refractivity (Wildman–Crippen MR) is 88.6 cm³/mol. The maximum absolute atomic E-state index is 12.3. The molecule has 0 saturated carbocycles. The van der Waals surface area contributed by atoms with E-state index in [0.29, 0.717) is 18.1 Å². The van der Waals surface area contributed by atoms with E-state index in [0.717, 1.165) is 17.7 Å². The van der Waals surface area contributed by atoms with E-state index in [1.807, 2.05) is 26.0 Å².